The Labute approximate surface area is 220 Å². The Kier molecular flexibility index (Phi) is 6.92. The van der Waals surface area contributed by atoms with E-state index in [9.17, 15) is 13.9 Å². The fourth-order valence-electron chi connectivity index (χ4n) is 3.92. The molecule has 0 bridgehead atoms. The van der Waals surface area contributed by atoms with E-state index >= 15 is 0 Å². The Morgan fingerprint density at radius 3 is 2.46 bits per heavy atom. The molecule has 0 amide bonds. The molecule has 0 radical (unpaired) electrons. The first-order valence-electron chi connectivity index (χ1n) is 11.1. The van der Waals surface area contributed by atoms with E-state index in [1.54, 1.807) is 47.3 Å². The number of hydrogen-bond acceptors (Lipinski definition) is 5. The summed E-state index contributed by atoms with van der Waals surface area (Å²) in [4.78, 5) is 3.86. The van der Waals surface area contributed by atoms with Crippen LogP contribution in [-0.4, -0.2) is 29.7 Å². The summed E-state index contributed by atoms with van der Waals surface area (Å²) in [6, 6.07) is 16.6. The van der Waals surface area contributed by atoms with E-state index in [2.05, 4.69) is 15.2 Å². The largest absolute Gasteiger partial charge is 0.458 e. The minimum Gasteiger partial charge on any atom is -0.458 e. The Bertz CT molecular complexity index is 1530. The van der Waals surface area contributed by atoms with Gasteiger partial charge in [-0.1, -0.05) is 23.2 Å². The van der Waals surface area contributed by atoms with Crippen molar-refractivity contribution in [1.82, 2.24) is 24.5 Å². The van der Waals surface area contributed by atoms with Crippen molar-refractivity contribution in [2.45, 2.75) is 18.8 Å². The first kappa shape index (κ1) is 24.9. The second kappa shape index (κ2) is 10.3. The lowest BCUT2D eigenvalue weighted by atomic mass is 10.0. The van der Waals surface area contributed by atoms with Gasteiger partial charge in [-0.25, -0.2) is 18.4 Å². The van der Waals surface area contributed by atoms with Gasteiger partial charge in [0.15, 0.2) is 0 Å². The molecule has 188 valence electrons. The number of aromatic nitrogens is 5. The number of halogens is 4. The summed E-state index contributed by atoms with van der Waals surface area (Å²) in [6.45, 7) is 0.171. The van der Waals surface area contributed by atoms with Gasteiger partial charge in [0.1, 0.15) is 30.0 Å². The van der Waals surface area contributed by atoms with Crippen LogP contribution in [0.5, 0.6) is 5.75 Å². The SMILES string of the molecule is OC(CCn1cncn1)(Oc1ccc(-n2nccc2-c2ccc(Cl)cc2Cl)cc1)c1ccc(F)cc1F. The van der Waals surface area contributed by atoms with Crippen molar-refractivity contribution in [3.63, 3.8) is 0 Å². The smallest absolute Gasteiger partial charge is 0.239 e. The average molecular weight is 542 g/mol. The number of ether oxygens (including phenoxy) is 1. The number of rotatable bonds is 8. The summed E-state index contributed by atoms with van der Waals surface area (Å²) in [5.41, 5.74) is 1.98. The maximum Gasteiger partial charge on any atom is 0.239 e. The quantitative estimate of drug-likeness (QED) is 0.242. The van der Waals surface area contributed by atoms with Crippen LogP contribution >= 0.6 is 23.2 Å². The summed E-state index contributed by atoms with van der Waals surface area (Å²) < 4.78 is 37.3. The van der Waals surface area contributed by atoms with Gasteiger partial charge in [0.2, 0.25) is 5.79 Å². The molecule has 0 saturated carbocycles. The van der Waals surface area contributed by atoms with Gasteiger partial charge in [0.25, 0.3) is 0 Å². The highest BCUT2D eigenvalue weighted by Crippen LogP contribution is 2.34. The molecule has 0 aliphatic rings. The van der Waals surface area contributed by atoms with E-state index < -0.39 is 17.4 Å². The lowest BCUT2D eigenvalue weighted by molar-refractivity contribution is -0.156. The molecule has 2 aromatic heterocycles. The predicted octanol–water partition coefficient (Wildman–Crippen LogP) is 6.03. The van der Waals surface area contributed by atoms with Gasteiger partial charge in [-0.15, -0.1) is 0 Å². The lowest BCUT2D eigenvalue weighted by Gasteiger charge is -2.30. The molecule has 0 aliphatic heterocycles. The van der Waals surface area contributed by atoms with E-state index in [1.165, 1.54) is 17.3 Å². The monoisotopic (exact) mass is 541 g/mol. The third-order valence-electron chi connectivity index (χ3n) is 5.72. The zero-order valence-electron chi connectivity index (χ0n) is 19.1. The van der Waals surface area contributed by atoms with Crippen molar-refractivity contribution in [3.8, 4) is 22.7 Å². The van der Waals surface area contributed by atoms with Crippen LogP contribution in [-0.2, 0) is 12.3 Å². The second-order valence-corrected chi connectivity index (χ2v) is 9.01. The molecule has 7 nitrogen and oxygen atoms in total. The molecular weight excluding hydrogens is 523 g/mol. The fraction of sp³-hybridized carbons (Fsp3) is 0.115. The Morgan fingerprint density at radius 1 is 0.946 bits per heavy atom. The van der Waals surface area contributed by atoms with Crippen molar-refractivity contribution in [2.75, 3.05) is 0 Å². The molecule has 3 aromatic carbocycles. The molecule has 5 aromatic rings. The number of benzene rings is 3. The molecule has 2 heterocycles. The highest BCUT2D eigenvalue weighted by atomic mass is 35.5. The molecule has 0 aliphatic carbocycles. The maximum atomic E-state index is 14.7. The lowest BCUT2D eigenvalue weighted by Crippen LogP contribution is -2.35. The van der Waals surface area contributed by atoms with E-state index in [1.807, 2.05) is 12.1 Å². The van der Waals surface area contributed by atoms with Gasteiger partial charge in [0.05, 0.1) is 28.2 Å². The van der Waals surface area contributed by atoms with E-state index in [4.69, 9.17) is 27.9 Å². The van der Waals surface area contributed by atoms with Gasteiger partial charge >= 0.3 is 0 Å². The van der Waals surface area contributed by atoms with Crippen molar-refractivity contribution in [3.05, 3.63) is 113 Å². The molecule has 0 fully saturated rings. The highest BCUT2D eigenvalue weighted by molar-refractivity contribution is 6.36. The molecule has 1 N–H and O–H groups in total. The van der Waals surface area contributed by atoms with Gasteiger partial charge in [-0.05, 0) is 60.7 Å². The van der Waals surface area contributed by atoms with Crippen LogP contribution in [0.25, 0.3) is 16.9 Å². The Hall–Kier alpha value is -3.79. The van der Waals surface area contributed by atoms with Gasteiger partial charge in [-0.2, -0.15) is 10.2 Å². The molecule has 1 atom stereocenters. The summed E-state index contributed by atoms with van der Waals surface area (Å²) in [5, 5.41) is 20.8. The van der Waals surface area contributed by atoms with Gasteiger partial charge in [0, 0.05) is 29.6 Å². The minimum atomic E-state index is -2.11. The summed E-state index contributed by atoms with van der Waals surface area (Å²) in [7, 11) is 0. The average Bonchev–Trinajstić information content (AvgIpc) is 3.56. The topological polar surface area (TPSA) is 78.0 Å². The van der Waals surface area contributed by atoms with Crippen LogP contribution < -0.4 is 4.74 Å². The summed E-state index contributed by atoms with van der Waals surface area (Å²) in [6.07, 6.45) is 4.37. The van der Waals surface area contributed by atoms with Gasteiger partial charge in [-0.3, -0.25) is 4.68 Å². The molecular formula is C26H19Cl2F2N5O2. The fourth-order valence-corrected chi connectivity index (χ4v) is 4.43. The van der Waals surface area contributed by atoms with Crippen LogP contribution in [0.1, 0.15) is 12.0 Å². The Morgan fingerprint density at radius 2 is 1.76 bits per heavy atom. The van der Waals surface area contributed by atoms with Crippen LogP contribution in [0.15, 0.2) is 85.6 Å². The van der Waals surface area contributed by atoms with Gasteiger partial charge < -0.3 is 9.84 Å². The Balaban J connectivity index is 1.43. The summed E-state index contributed by atoms with van der Waals surface area (Å²) in [5.74, 6) is -3.55. The standard InChI is InChI=1S/C26H19Cl2F2N5O2/c27-17-1-7-21(23(28)13-17)25-9-11-32-35(25)19-3-5-20(6-4-19)37-26(36,10-12-34-16-31-15-33-34)22-8-2-18(29)14-24(22)30/h1-9,11,13-16,36H,10,12H2. The van der Waals surface area contributed by atoms with Crippen molar-refractivity contribution in [1.29, 1.82) is 0 Å². The van der Waals surface area contributed by atoms with Crippen molar-refractivity contribution < 1.29 is 18.6 Å². The maximum absolute atomic E-state index is 14.7. The first-order chi connectivity index (χ1) is 17.8. The zero-order valence-corrected chi connectivity index (χ0v) is 20.6. The minimum absolute atomic E-state index is 0.0843. The highest BCUT2D eigenvalue weighted by Gasteiger charge is 2.35. The molecule has 11 heteroatoms. The molecule has 1 unspecified atom stereocenters. The number of nitrogens with zero attached hydrogens (tertiary/aromatic N) is 5. The first-order valence-corrected chi connectivity index (χ1v) is 11.9. The third-order valence-corrected chi connectivity index (χ3v) is 6.26. The van der Waals surface area contributed by atoms with Crippen LogP contribution in [0.3, 0.4) is 0 Å². The number of hydrogen-bond donors (Lipinski definition) is 1. The van der Waals surface area contributed by atoms with Crippen LogP contribution in [0, 0.1) is 11.6 Å². The normalized spacial score (nSPS) is 12.9. The van der Waals surface area contributed by atoms with Crippen molar-refractivity contribution >= 4 is 23.2 Å². The van der Waals surface area contributed by atoms with E-state index in [0.717, 1.165) is 23.4 Å². The van der Waals surface area contributed by atoms with E-state index in [0.29, 0.717) is 21.8 Å². The predicted molar refractivity (Wildman–Crippen MR) is 135 cm³/mol. The zero-order chi connectivity index (χ0) is 26.0. The van der Waals surface area contributed by atoms with Crippen molar-refractivity contribution in [2.24, 2.45) is 0 Å². The third kappa shape index (κ3) is 5.34. The van der Waals surface area contributed by atoms with E-state index in [-0.39, 0.29) is 24.3 Å². The molecule has 5 rings (SSSR count). The van der Waals surface area contributed by atoms with Crippen LogP contribution in [0.2, 0.25) is 10.0 Å². The number of aliphatic hydroxyl groups is 1. The molecule has 0 spiro atoms. The molecule has 37 heavy (non-hydrogen) atoms. The summed E-state index contributed by atoms with van der Waals surface area (Å²) >= 11 is 12.4. The number of aryl methyl sites for hydroxylation is 1. The second-order valence-electron chi connectivity index (χ2n) is 8.17. The van der Waals surface area contributed by atoms with Crippen LogP contribution in [0.4, 0.5) is 8.78 Å². The molecule has 0 saturated heterocycles.